The summed E-state index contributed by atoms with van der Waals surface area (Å²) in [7, 11) is 0. The second-order valence-corrected chi connectivity index (χ2v) is 5.34. The largest absolute Gasteiger partial charge is 0.392 e. The quantitative estimate of drug-likeness (QED) is 0.736. The summed E-state index contributed by atoms with van der Waals surface area (Å²) >= 11 is 1.66. The van der Waals surface area contributed by atoms with E-state index >= 15 is 0 Å². The van der Waals surface area contributed by atoms with Crippen LogP contribution in [0.1, 0.15) is 21.6 Å². The van der Waals surface area contributed by atoms with Crippen LogP contribution < -0.4 is 5.32 Å². The molecule has 0 bridgehead atoms. The van der Waals surface area contributed by atoms with Gasteiger partial charge in [-0.05, 0) is 17.2 Å². The summed E-state index contributed by atoms with van der Waals surface area (Å²) in [5.41, 5.74) is 3.04. The molecule has 4 heteroatoms. The lowest BCUT2D eigenvalue weighted by Crippen LogP contribution is -2.11. The van der Waals surface area contributed by atoms with E-state index in [9.17, 15) is 0 Å². The lowest BCUT2D eigenvalue weighted by atomic mass is 10.1. The Labute approximate surface area is 122 Å². The summed E-state index contributed by atoms with van der Waals surface area (Å²) in [5, 5.41) is 23.1. The number of hydrogen-bond acceptors (Lipinski definition) is 4. The Hall–Kier alpha value is -1.64. The van der Waals surface area contributed by atoms with Gasteiger partial charge in [0, 0.05) is 28.9 Å². The average Bonchev–Trinajstić information content (AvgIpc) is 2.93. The van der Waals surface area contributed by atoms with Gasteiger partial charge in [-0.25, -0.2) is 0 Å². The highest BCUT2D eigenvalue weighted by Gasteiger charge is 1.99. The molecular formula is C16H17NO2S. The Morgan fingerprint density at radius 1 is 1.10 bits per heavy atom. The molecule has 0 aliphatic carbocycles. The van der Waals surface area contributed by atoms with Gasteiger partial charge in [-0.15, -0.1) is 11.3 Å². The molecule has 0 saturated carbocycles. The standard InChI is InChI=1S/C16H17NO2S/c18-6-2-5-15-8-16(20-12-15)10-17-9-13-3-1-4-14(7-13)11-19/h1,3-4,7-8,12,17-19H,6,9-11H2. The van der Waals surface area contributed by atoms with Crippen LogP contribution in [0, 0.1) is 11.8 Å². The van der Waals surface area contributed by atoms with Crippen molar-refractivity contribution in [2.45, 2.75) is 19.7 Å². The molecule has 3 N–H and O–H groups in total. The lowest BCUT2D eigenvalue weighted by molar-refractivity contribution is 0.281. The summed E-state index contributed by atoms with van der Waals surface area (Å²) in [4.78, 5) is 1.21. The zero-order valence-corrected chi connectivity index (χ0v) is 11.9. The average molecular weight is 287 g/mol. The van der Waals surface area contributed by atoms with E-state index in [1.165, 1.54) is 4.88 Å². The van der Waals surface area contributed by atoms with E-state index in [0.717, 1.165) is 29.8 Å². The van der Waals surface area contributed by atoms with Gasteiger partial charge in [0.1, 0.15) is 6.61 Å². The predicted molar refractivity (Wildman–Crippen MR) is 81.2 cm³/mol. The second-order valence-electron chi connectivity index (χ2n) is 4.34. The van der Waals surface area contributed by atoms with Crippen molar-refractivity contribution in [1.82, 2.24) is 5.32 Å². The molecule has 20 heavy (non-hydrogen) atoms. The van der Waals surface area contributed by atoms with Gasteiger partial charge in [0.25, 0.3) is 0 Å². The number of aliphatic hydroxyl groups excluding tert-OH is 2. The molecule has 2 aromatic rings. The van der Waals surface area contributed by atoms with E-state index in [2.05, 4.69) is 17.2 Å². The Morgan fingerprint density at radius 3 is 2.75 bits per heavy atom. The monoisotopic (exact) mass is 287 g/mol. The topological polar surface area (TPSA) is 52.5 Å². The highest BCUT2D eigenvalue weighted by molar-refractivity contribution is 7.10. The zero-order valence-electron chi connectivity index (χ0n) is 11.1. The molecule has 2 rings (SSSR count). The Balaban J connectivity index is 1.84. The maximum absolute atomic E-state index is 9.09. The van der Waals surface area contributed by atoms with Crippen LogP contribution in [0.15, 0.2) is 35.7 Å². The van der Waals surface area contributed by atoms with Gasteiger partial charge in [0.05, 0.1) is 6.61 Å². The van der Waals surface area contributed by atoms with Gasteiger partial charge < -0.3 is 15.5 Å². The predicted octanol–water partition coefficient (Wildman–Crippen LogP) is 1.87. The molecule has 0 amide bonds. The molecule has 104 valence electrons. The first kappa shape index (κ1) is 14.8. The number of hydrogen-bond donors (Lipinski definition) is 3. The SMILES string of the molecule is OCC#Cc1csc(CNCc2cccc(CO)c2)c1. The summed E-state index contributed by atoms with van der Waals surface area (Å²) < 4.78 is 0. The van der Waals surface area contributed by atoms with Crippen molar-refractivity contribution in [2.75, 3.05) is 6.61 Å². The van der Waals surface area contributed by atoms with E-state index in [-0.39, 0.29) is 13.2 Å². The summed E-state index contributed by atoms with van der Waals surface area (Å²) in [6, 6.07) is 9.94. The van der Waals surface area contributed by atoms with E-state index in [4.69, 9.17) is 10.2 Å². The maximum atomic E-state index is 9.09. The van der Waals surface area contributed by atoms with E-state index in [1.54, 1.807) is 11.3 Å². The third-order valence-corrected chi connectivity index (χ3v) is 3.70. The van der Waals surface area contributed by atoms with Crippen LogP contribution in [0.2, 0.25) is 0 Å². The fraction of sp³-hybridized carbons (Fsp3) is 0.250. The van der Waals surface area contributed by atoms with E-state index in [0.29, 0.717) is 0 Å². The van der Waals surface area contributed by atoms with Gasteiger partial charge >= 0.3 is 0 Å². The molecule has 0 unspecified atom stereocenters. The molecule has 0 aliphatic rings. The fourth-order valence-electron chi connectivity index (χ4n) is 1.85. The second kappa shape index (κ2) is 7.83. The molecular weight excluding hydrogens is 270 g/mol. The Kier molecular flexibility index (Phi) is 5.78. The minimum atomic E-state index is -0.107. The summed E-state index contributed by atoms with van der Waals surface area (Å²) in [6.07, 6.45) is 0. The molecule has 0 radical (unpaired) electrons. The first-order chi connectivity index (χ1) is 9.81. The molecule has 0 aliphatic heterocycles. The van der Waals surface area contributed by atoms with Crippen molar-refractivity contribution in [3.63, 3.8) is 0 Å². The molecule has 0 atom stereocenters. The molecule has 0 saturated heterocycles. The molecule has 0 fully saturated rings. The van der Waals surface area contributed by atoms with Gasteiger partial charge in [-0.3, -0.25) is 0 Å². The van der Waals surface area contributed by atoms with Gasteiger partial charge in [-0.1, -0.05) is 36.1 Å². The van der Waals surface area contributed by atoms with Crippen LogP contribution in [0.4, 0.5) is 0 Å². The highest BCUT2D eigenvalue weighted by Crippen LogP contribution is 2.14. The lowest BCUT2D eigenvalue weighted by Gasteiger charge is -2.05. The first-order valence-corrected chi connectivity index (χ1v) is 7.26. The van der Waals surface area contributed by atoms with Crippen LogP contribution >= 0.6 is 11.3 Å². The van der Waals surface area contributed by atoms with Crippen molar-refractivity contribution in [1.29, 1.82) is 0 Å². The number of aliphatic hydroxyl groups is 2. The van der Waals surface area contributed by atoms with Crippen LogP contribution in [0.25, 0.3) is 0 Å². The minimum absolute atomic E-state index is 0.0751. The summed E-state index contributed by atoms with van der Waals surface area (Å²) in [5.74, 6) is 5.53. The number of rotatable bonds is 5. The normalized spacial score (nSPS) is 10.1. The van der Waals surface area contributed by atoms with E-state index in [1.807, 2.05) is 35.7 Å². The van der Waals surface area contributed by atoms with Crippen molar-refractivity contribution >= 4 is 11.3 Å². The van der Waals surface area contributed by atoms with Crippen LogP contribution in [0.5, 0.6) is 0 Å². The van der Waals surface area contributed by atoms with Crippen molar-refractivity contribution < 1.29 is 10.2 Å². The number of benzene rings is 1. The van der Waals surface area contributed by atoms with Crippen LogP contribution in [-0.2, 0) is 19.7 Å². The maximum Gasteiger partial charge on any atom is 0.104 e. The van der Waals surface area contributed by atoms with Crippen molar-refractivity contribution in [3.05, 3.63) is 57.3 Å². The molecule has 1 aromatic carbocycles. The van der Waals surface area contributed by atoms with E-state index < -0.39 is 0 Å². The third kappa shape index (κ3) is 4.48. The smallest absolute Gasteiger partial charge is 0.104 e. The number of nitrogens with one attached hydrogen (secondary N) is 1. The molecule has 0 spiro atoms. The Morgan fingerprint density at radius 2 is 1.95 bits per heavy atom. The highest BCUT2D eigenvalue weighted by atomic mass is 32.1. The molecule has 1 heterocycles. The van der Waals surface area contributed by atoms with Crippen LogP contribution in [0.3, 0.4) is 0 Å². The first-order valence-electron chi connectivity index (χ1n) is 6.38. The third-order valence-electron chi connectivity index (χ3n) is 2.77. The van der Waals surface area contributed by atoms with Gasteiger partial charge in [0.15, 0.2) is 0 Å². The van der Waals surface area contributed by atoms with Gasteiger partial charge in [-0.2, -0.15) is 0 Å². The zero-order chi connectivity index (χ0) is 14.2. The Bertz CT molecular complexity index is 610. The number of thiophene rings is 1. The summed E-state index contributed by atoms with van der Waals surface area (Å²) in [6.45, 7) is 1.52. The minimum Gasteiger partial charge on any atom is -0.392 e. The fourth-order valence-corrected chi connectivity index (χ4v) is 2.63. The molecule has 3 nitrogen and oxygen atoms in total. The van der Waals surface area contributed by atoms with Crippen LogP contribution in [-0.4, -0.2) is 16.8 Å². The molecule has 1 aromatic heterocycles. The van der Waals surface area contributed by atoms with Crippen molar-refractivity contribution in [3.8, 4) is 11.8 Å². The van der Waals surface area contributed by atoms with Gasteiger partial charge in [0.2, 0.25) is 0 Å². The van der Waals surface area contributed by atoms with Crippen molar-refractivity contribution in [2.24, 2.45) is 0 Å².